The van der Waals surface area contributed by atoms with E-state index >= 15 is 0 Å². The zero-order valence-electron chi connectivity index (χ0n) is 15.6. The van der Waals surface area contributed by atoms with Crippen molar-refractivity contribution in [1.82, 2.24) is 5.32 Å². The van der Waals surface area contributed by atoms with E-state index < -0.39 is 28.3 Å². The van der Waals surface area contributed by atoms with E-state index in [9.17, 15) is 17.6 Å². The quantitative estimate of drug-likeness (QED) is 0.785. The van der Waals surface area contributed by atoms with Crippen molar-refractivity contribution < 1.29 is 17.6 Å². The van der Waals surface area contributed by atoms with E-state index in [4.69, 9.17) is 11.6 Å². The molecule has 2 aromatic rings. The lowest BCUT2D eigenvalue weighted by atomic mass is 10.0. The first-order valence-electron chi connectivity index (χ1n) is 8.28. The predicted octanol–water partition coefficient (Wildman–Crippen LogP) is 3.74. The SMILES string of the molecule is Cc1ccc([C@H](C)NC(=O)CN(c2ccc(F)c(Cl)c2)S(C)(=O)=O)c(C)c1. The molecule has 1 amide bonds. The minimum Gasteiger partial charge on any atom is -0.348 e. The lowest BCUT2D eigenvalue weighted by Crippen LogP contribution is -2.41. The molecule has 5 nitrogen and oxygen atoms in total. The van der Waals surface area contributed by atoms with Gasteiger partial charge in [-0.15, -0.1) is 0 Å². The van der Waals surface area contributed by atoms with Gasteiger partial charge in [0.1, 0.15) is 12.4 Å². The Labute approximate surface area is 164 Å². The largest absolute Gasteiger partial charge is 0.348 e. The molecular weight excluding hydrogens is 391 g/mol. The number of sulfonamides is 1. The number of hydrogen-bond acceptors (Lipinski definition) is 3. The smallest absolute Gasteiger partial charge is 0.241 e. The van der Waals surface area contributed by atoms with Crippen molar-refractivity contribution >= 4 is 33.2 Å². The number of nitrogens with one attached hydrogen (secondary N) is 1. The van der Waals surface area contributed by atoms with Crippen molar-refractivity contribution in [2.24, 2.45) is 0 Å². The van der Waals surface area contributed by atoms with Gasteiger partial charge in [-0.1, -0.05) is 35.4 Å². The van der Waals surface area contributed by atoms with Gasteiger partial charge in [-0.3, -0.25) is 9.10 Å². The normalized spacial score (nSPS) is 12.5. The Bertz CT molecular complexity index is 963. The molecule has 0 bridgehead atoms. The molecule has 0 unspecified atom stereocenters. The van der Waals surface area contributed by atoms with E-state index in [1.807, 2.05) is 39.0 Å². The maximum atomic E-state index is 13.4. The van der Waals surface area contributed by atoms with Gasteiger partial charge in [0.2, 0.25) is 15.9 Å². The Morgan fingerprint density at radius 1 is 1.22 bits per heavy atom. The number of anilines is 1. The third kappa shape index (κ3) is 5.43. The number of carbonyl (C=O) groups excluding carboxylic acids is 1. The first-order chi connectivity index (χ1) is 12.5. The van der Waals surface area contributed by atoms with Crippen LogP contribution in [0.2, 0.25) is 5.02 Å². The molecule has 0 radical (unpaired) electrons. The number of aryl methyl sites for hydroxylation is 2. The van der Waals surface area contributed by atoms with Crippen molar-refractivity contribution in [2.75, 3.05) is 17.1 Å². The van der Waals surface area contributed by atoms with Gasteiger partial charge in [0.05, 0.1) is 23.0 Å². The molecule has 0 fully saturated rings. The number of carbonyl (C=O) groups is 1. The van der Waals surface area contributed by atoms with Gasteiger partial charge in [0, 0.05) is 0 Å². The summed E-state index contributed by atoms with van der Waals surface area (Å²) in [7, 11) is -3.77. The third-order valence-electron chi connectivity index (χ3n) is 4.15. The van der Waals surface area contributed by atoms with Crippen LogP contribution in [-0.2, 0) is 14.8 Å². The highest BCUT2D eigenvalue weighted by atomic mass is 35.5. The van der Waals surface area contributed by atoms with Crippen LogP contribution in [0.4, 0.5) is 10.1 Å². The van der Waals surface area contributed by atoms with Crippen molar-refractivity contribution in [3.05, 3.63) is 63.9 Å². The molecule has 146 valence electrons. The summed E-state index contributed by atoms with van der Waals surface area (Å²) >= 11 is 5.74. The fourth-order valence-corrected chi connectivity index (χ4v) is 3.87. The number of rotatable bonds is 6. The zero-order valence-corrected chi connectivity index (χ0v) is 17.2. The summed E-state index contributed by atoms with van der Waals surface area (Å²) in [6, 6.07) is 9.11. The van der Waals surface area contributed by atoms with Crippen LogP contribution >= 0.6 is 11.6 Å². The Balaban J connectivity index is 2.20. The maximum Gasteiger partial charge on any atom is 0.241 e. The zero-order chi connectivity index (χ0) is 20.4. The molecule has 2 aromatic carbocycles. The summed E-state index contributed by atoms with van der Waals surface area (Å²) in [5, 5.41) is 2.59. The van der Waals surface area contributed by atoms with Gasteiger partial charge in [-0.2, -0.15) is 0 Å². The van der Waals surface area contributed by atoms with E-state index in [-0.39, 0.29) is 16.8 Å². The molecule has 27 heavy (non-hydrogen) atoms. The van der Waals surface area contributed by atoms with Crippen LogP contribution in [0.1, 0.15) is 29.7 Å². The molecule has 0 saturated carbocycles. The van der Waals surface area contributed by atoms with Gasteiger partial charge in [-0.05, 0) is 50.1 Å². The maximum absolute atomic E-state index is 13.4. The van der Waals surface area contributed by atoms with Crippen LogP contribution in [0.15, 0.2) is 36.4 Å². The summed E-state index contributed by atoms with van der Waals surface area (Å²) in [6.45, 7) is 5.33. The number of halogens is 2. The molecule has 0 saturated heterocycles. The predicted molar refractivity (Wildman–Crippen MR) is 106 cm³/mol. The molecule has 0 aliphatic heterocycles. The number of nitrogens with zero attached hydrogens (tertiary/aromatic N) is 1. The summed E-state index contributed by atoms with van der Waals surface area (Å²) in [6.07, 6.45) is 0.977. The van der Waals surface area contributed by atoms with Crippen molar-refractivity contribution in [2.45, 2.75) is 26.8 Å². The van der Waals surface area contributed by atoms with E-state index in [0.717, 1.165) is 33.3 Å². The second-order valence-electron chi connectivity index (χ2n) is 6.52. The molecule has 8 heteroatoms. The summed E-state index contributed by atoms with van der Waals surface area (Å²) < 4.78 is 38.5. The molecular formula is C19H22ClFN2O3S. The van der Waals surface area contributed by atoms with E-state index in [0.29, 0.717) is 0 Å². The van der Waals surface area contributed by atoms with Gasteiger partial charge >= 0.3 is 0 Å². The third-order valence-corrected chi connectivity index (χ3v) is 5.58. The Morgan fingerprint density at radius 2 is 1.89 bits per heavy atom. The van der Waals surface area contributed by atoms with Crippen LogP contribution in [0, 0.1) is 19.7 Å². The van der Waals surface area contributed by atoms with Crippen molar-refractivity contribution in [3.8, 4) is 0 Å². The van der Waals surface area contributed by atoms with Crippen LogP contribution in [0.5, 0.6) is 0 Å². The topological polar surface area (TPSA) is 66.5 Å². The lowest BCUT2D eigenvalue weighted by molar-refractivity contribution is -0.120. The summed E-state index contributed by atoms with van der Waals surface area (Å²) in [5.41, 5.74) is 3.22. The van der Waals surface area contributed by atoms with Gasteiger partial charge in [0.15, 0.2) is 0 Å². The number of benzene rings is 2. The van der Waals surface area contributed by atoms with E-state index in [2.05, 4.69) is 5.32 Å². The fourth-order valence-electron chi connectivity index (χ4n) is 2.85. The highest BCUT2D eigenvalue weighted by molar-refractivity contribution is 7.92. The average molecular weight is 413 g/mol. The van der Waals surface area contributed by atoms with Gasteiger partial charge in [0.25, 0.3) is 0 Å². The second kappa shape index (κ2) is 8.27. The standard InChI is InChI=1S/C19H22ClFN2O3S/c1-12-5-7-16(13(2)9-12)14(3)22-19(24)11-23(27(4,25)26)15-6-8-18(21)17(20)10-15/h5-10,14H,11H2,1-4H3,(H,22,24)/t14-/m0/s1. The Kier molecular flexibility index (Phi) is 6.49. The van der Waals surface area contributed by atoms with Crippen molar-refractivity contribution in [1.29, 1.82) is 0 Å². The highest BCUT2D eigenvalue weighted by Gasteiger charge is 2.23. The molecule has 1 N–H and O–H groups in total. The van der Waals surface area contributed by atoms with Crippen LogP contribution in [0.3, 0.4) is 0 Å². The second-order valence-corrected chi connectivity index (χ2v) is 8.83. The molecule has 2 rings (SSSR count). The van der Waals surface area contributed by atoms with Crippen LogP contribution < -0.4 is 9.62 Å². The average Bonchev–Trinajstić information content (AvgIpc) is 2.54. The Hall–Kier alpha value is -2.12. The Morgan fingerprint density at radius 3 is 2.44 bits per heavy atom. The molecule has 0 aliphatic carbocycles. The monoisotopic (exact) mass is 412 g/mol. The first kappa shape index (κ1) is 21.2. The molecule has 0 heterocycles. The highest BCUT2D eigenvalue weighted by Crippen LogP contribution is 2.24. The van der Waals surface area contributed by atoms with Gasteiger partial charge in [-0.25, -0.2) is 12.8 Å². The number of amides is 1. The lowest BCUT2D eigenvalue weighted by Gasteiger charge is -2.24. The van der Waals surface area contributed by atoms with Gasteiger partial charge < -0.3 is 5.32 Å². The minimum absolute atomic E-state index is 0.123. The van der Waals surface area contributed by atoms with Crippen molar-refractivity contribution in [3.63, 3.8) is 0 Å². The molecule has 1 atom stereocenters. The molecule has 0 aromatic heterocycles. The van der Waals surface area contributed by atoms with Crippen LogP contribution in [0.25, 0.3) is 0 Å². The fraction of sp³-hybridized carbons (Fsp3) is 0.316. The van der Waals surface area contributed by atoms with Crippen LogP contribution in [-0.4, -0.2) is 27.1 Å². The summed E-state index contributed by atoms with van der Waals surface area (Å²) in [4.78, 5) is 12.5. The van der Waals surface area contributed by atoms with E-state index in [1.54, 1.807) is 0 Å². The summed E-state index contributed by atoms with van der Waals surface area (Å²) in [5.74, 6) is -1.14. The first-order valence-corrected chi connectivity index (χ1v) is 10.5. The van der Waals surface area contributed by atoms with E-state index in [1.165, 1.54) is 12.1 Å². The molecule has 0 aliphatic rings. The molecule has 0 spiro atoms. The minimum atomic E-state index is -3.77. The number of hydrogen-bond donors (Lipinski definition) is 1.